The first-order valence-electron chi connectivity index (χ1n) is 9.88. The van der Waals surface area contributed by atoms with Gasteiger partial charge < -0.3 is 19.7 Å². The summed E-state index contributed by atoms with van der Waals surface area (Å²) in [7, 11) is 3.06. The Hall–Kier alpha value is -3.19. The summed E-state index contributed by atoms with van der Waals surface area (Å²) in [5.74, 6) is -0.460. The number of aliphatic hydroxyl groups excluding tert-OH is 1. The monoisotopic (exact) mass is 409 g/mol. The summed E-state index contributed by atoms with van der Waals surface area (Å²) >= 11 is 0. The van der Waals surface area contributed by atoms with E-state index in [2.05, 4.69) is 5.16 Å². The zero-order valence-corrected chi connectivity index (χ0v) is 17.5. The number of aryl methyl sites for hydroxylation is 1. The lowest BCUT2D eigenvalue weighted by molar-refractivity contribution is -0.134. The van der Waals surface area contributed by atoms with Crippen LogP contribution in [0.25, 0.3) is 11.1 Å². The summed E-state index contributed by atoms with van der Waals surface area (Å²) < 4.78 is 0. The van der Waals surface area contributed by atoms with Gasteiger partial charge in [-0.05, 0) is 35.7 Å². The molecule has 0 spiro atoms. The van der Waals surface area contributed by atoms with Crippen molar-refractivity contribution in [2.45, 2.75) is 19.4 Å². The second-order valence-corrected chi connectivity index (χ2v) is 7.37. The van der Waals surface area contributed by atoms with Gasteiger partial charge in [0, 0.05) is 25.6 Å². The summed E-state index contributed by atoms with van der Waals surface area (Å²) in [5, 5.41) is 13.1. The maximum absolute atomic E-state index is 13.2. The third-order valence-corrected chi connectivity index (χ3v) is 5.32. The molecule has 1 aliphatic heterocycles. The van der Waals surface area contributed by atoms with Crippen LogP contribution in [0.2, 0.25) is 0 Å². The largest absolute Gasteiger partial charge is 0.399 e. The van der Waals surface area contributed by atoms with Crippen LogP contribution in [-0.2, 0) is 9.63 Å². The van der Waals surface area contributed by atoms with E-state index < -0.39 is 6.04 Å². The lowest BCUT2D eigenvalue weighted by Gasteiger charge is -2.27. The van der Waals surface area contributed by atoms with Crippen molar-refractivity contribution >= 4 is 17.5 Å². The Bertz CT molecular complexity index is 940. The molecular weight excluding hydrogens is 382 g/mol. The molecule has 0 aromatic heterocycles. The predicted molar refractivity (Wildman–Crippen MR) is 115 cm³/mol. The number of hydrogen-bond donors (Lipinski definition) is 1. The number of likely N-dealkylation sites (tertiary alicyclic amines) is 1. The van der Waals surface area contributed by atoms with Gasteiger partial charge in [0.15, 0.2) is 0 Å². The lowest BCUT2D eigenvalue weighted by atomic mass is 9.99. The average Bonchev–Trinajstić information content (AvgIpc) is 3.17. The standard InChI is InChI=1S/C23H27N3O4/c1-16-6-4-5-7-20(16)17-8-10-18(11-9-17)22(28)26-15-19(24-30-3)14-21(26)23(29)25(2)12-13-27/h4-11,21,27H,12-15H2,1-3H3/b24-19+. The Labute approximate surface area is 176 Å². The molecule has 0 bridgehead atoms. The number of rotatable bonds is 6. The molecule has 3 rings (SSSR count). The molecule has 2 aromatic rings. The smallest absolute Gasteiger partial charge is 0.254 e. The van der Waals surface area contributed by atoms with Gasteiger partial charge in [-0.15, -0.1) is 0 Å². The maximum atomic E-state index is 13.2. The van der Waals surface area contributed by atoms with E-state index in [1.807, 2.05) is 43.3 Å². The Kier molecular flexibility index (Phi) is 6.84. The molecule has 2 aromatic carbocycles. The molecule has 7 heteroatoms. The number of likely N-dealkylation sites (N-methyl/N-ethyl adjacent to an activating group) is 1. The minimum absolute atomic E-state index is 0.137. The molecule has 158 valence electrons. The van der Waals surface area contributed by atoms with E-state index in [0.29, 0.717) is 17.7 Å². The van der Waals surface area contributed by atoms with Gasteiger partial charge in [0.2, 0.25) is 5.91 Å². The Morgan fingerprint density at radius 2 is 1.90 bits per heavy atom. The van der Waals surface area contributed by atoms with Crippen molar-refractivity contribution in [3.63, 3.8) is 0 Å². The molecule has 30 heavy (non-hydrogen) atoms. The molecule has 1 N–H and O–H groups in total. The number of benzene rings is 2. The zero-order chi connectivity index (χ0) is 21.7. The Morgan fingerprint density at radius 1 is 1.20 bits per heavy atom. The molecule has 1 heterocycles. The van der Waals surface area contributed by atoms with Crippen LogP contribution < -0.4 is 0 Å². The highest BCUT2D eigenvalue weighted by Crippen LogP contribution is 2.25. The van der Waals surface area contributed by atoms with Crippen LogP contribution in [0, 0.1) is 6.92 Å². The number of carbonyl (C=O) groups is 2. The van der Waals surface area contributed by atoms with Crippen LogP contribution in [-0.4, -0.2) is 72.3 Å². The number of nitrogens with zero attached hydrogens (tertiary/aromatic N) is 3. The number of oxime groups is 1. The minimum Gasteiger partial charge on any atom is -0.399 e. The predicted octanol–water partition coefficient (Wildman–Crippen LogP) is 2.33. The second kappa shape index (κ2) is 9.54. The van der Waals surface area contributed by atoms with Crippen LogP contribution in [0.3, 0.4) is 0 Å². The van der Waals surface area contributed by atoms with Crippen molar-refractivity contribution < 1.29 is 19.5 Å². The van der Waals surface area contributed by atoms with Gasteiger partial charge in [-0.3, -0.25) is 9.59 Å². The normalized spacial score (nSPS) is 17.3. The van der Waals surface area contributed by atoms with Gasteiger partial charge in [-0.1, -0.05) is 41.6 Å². The van der Waals surface area contributed by atoms with E-state index in [9.17, 15) is 9.59 Å². The molecule has 1 unspecified atom stereocenters. The second-order valence-electron chi connectivity index (χ2n) is 7.37. The van der Waals surface area contributed by atoms with Crippen molar-refractivity contribution in [1.82, 2.24) is 9.80 Å². The molecule has 2 amide bonds. The van der Waals surface area contributed by atoms with Gasteiger partial charge in [0.25, 0.3) is 5.91 Å². The first kappa shape index (κ1) is 21.5. The van der Waals surface area contributed by atoms with Crippen LogP contribution in [0.4, 0.5) is 0 Å². The SMILES string of the molecule is CO/N=C1\CC(C(=O)N(C)CCO)N(C(=O)c2ccc(-c3ccccc3C)cc2)C1. The summed E-state index contributed by atoms with van der Waals surface area (Å²) in [6, 6.07) is 14.8. The number of carbonyl (C=O) groups excluding carboxylic acids is 2. The number of hydrogen-bond acceptors (Lipinski definition) is 5. The maximum Gasteiger partial charge on any atom is 0.254 e. The van der Waals surface area contributed by atoms with Crippen molar-refractivity contribution in [3.8, 4) is 11.1 Å². The van der Waals surface area contributed by atoms with Crippen molar-refractivity contribution in [2.24, 2.45) is 5.16 Å². The summed E-state index contributed by atoms with van der Waals surface area (Å²) in [6.45, 7) is 2.35. The van der Waals surface area contributed by atoms with Gasteiger partial charge >= 0.3 is 0 Å². The van der Waals surface area contributed by atoms with E-state index in [-0.39, 0.29) is 31.5 Å². The highest BCUT2D eigenvalue weighted by molar-refractivity contribution is 6.05. The lowest BCUT2D eigenvalue weighted by Crippen LogP contribution is -2.47. The Morgan fingerprint density at radius 3 is 2.53 bits per heavy atom. The zero-order valence-electron chi connectivity index (χ0n) is 17.5. The Balaban J connectivity index is 1.84. The highest BCUT2D eigenvalue weighted by atomic mass is 16.6. The number of amides is 2. The van der Waals surface area contributed by atoms with E-state index in [4.69, 9.17) is 9.94 Å². The van der Waals surface area contributed by atoms with Crippen molar-refractivity contribution in [2.75, 3.05) is 33.9 Å². The van der Waals surface area contributed by atoms with E-state index >= 15 is 0 Å². The third kappa shape index (κ3) is 4.52. The van der Waals surface area contributed by atoms with Crippen molar-refractivity contribution in [1.29, 1.82) is 0 Å². The van der Waals surface area contributed by atoms with E-state index in [1.165, 1.54) is 16.9 Å². The van der Waals surface area contributed by atoms with Crippen LogP contribution in [0.1, 0.15) is 22.3 Å². The van der Waals surface area contributed by atoms with Crippen LogP contribution in [0.15, 0.2) is 53.7 Å². The van der Waals surface area contributed by atoms with E-state index in [1.54, 1.807) is 19.2 Å². The quantitative estimate of drug-likeness (QED) is 0.743. The molecule has 1 aliphatic rings. The molecular formula is C23H27N3O4. The summed E-state index contributed by atoms with van der Waals surface area (Å²) in [5.41, 5.74) is 4.45. The summed E-state index contributed by atoms with van der Waals surface area (Å²) in [4.78, 5) is 33.9. The molecule has 1 saturated heterocycles. The first-order chi connectivity index (χ1) is 14.5. The molecule has 0 radical (unpaired) electrons. The minimum atomic E-state index is -0.668. The summed E-state index contributed by atoms with van der Waals surface area (Å²) in [6.07, 6.45) is 0.315. The molecule has 1 fully saturated rings. The van der Waals surface area contributed by atoms with Gasteiger partial charge in [0.1, 0.15) is 13.2 Å². The molecule has 0 aliphatic carbocycles. The molecule has 1 atom stereocenters. The fourth-order valence-electron chi connectivity index (χ4n) is 3.70. The molecule has 7 nitrogen and oxygen atoms in total. The molecule has 0 saturated carbocycles. The average molecular weight is 409 g/mol. The highest BCUT2D eigenvalue weighted by Gasteiger charge is 2.39. The first-order valence-corrected chi connectivity index (χ1v) is 9.88. The van der Waals surface area contributed by atoms with Crippen LogP contribution in [0.5, 0.6) is 0 Å². The van der Waals surface area contributed by atoms with Gasteiger partial charge in [0.05, 0.1) is 18.9 Å². The fourth-order valence-corrected chi connectivity index (χ4v) is 3.70. The topological polar surface area (TPSA) is 82.4 Å². The number of aliphatic hydroxyl groups is 1. The van der Waals surface area contributed by atoms with Crippen molar-refractivity contribution in [3.05, 3.63) is 59.7 Å². The van der Waals surface area contributed by atoms with Crippen LogP contribution >= 0.6 is 0 Å². The fraction of sp³-hybridized carbons (Fsp3) is 0.348. The van der Waals surface area contributed by atoms with Gasteiger partial charge in [-0.2, -0.15) is 0 Å². The third-order valence-electron chi connectivity index (χ3n) is 5.32. The van der Waals surface area contributed by atoms with Gasteiger partial charge in [-0.25, -0.2) is 0 Å². The van der Waals surface area contributed by atoms with E-state index in [0.717, 1.165) is 16.7 Å².